The minimum Gasteiger partial charge on any atom is -0.396 e. The first-order chi connectivity index (χ1) is 7.05. The summed E-state index contributed by atoms with van der Waals surface area (Å²) in [5.41, 5.74) is 0.117. The molecular weight excluding hydrogens is 190 g/mol. The predicted octanol–water partition coefficient (Wildman–Crippen LogP) is 1.29. The highest BCUT2D eigenvalue weighted by molar-refractivity contribution is 4.83. The summed E-state index contributed by atoms with van der Waals surface area (Å²) >= 11 is 0. The first-order valence-electron chi connectivity index (χ1n) is 6.07. The number of nitrogens with one attached hydrogen (secondary N) is 1. The molecule has 0 aromatic heterocycles. The van der Waals surface area contributed by atoms with E-state index in [1.165, 1.54) is 6.42 Å². The van der Waals surface area contributed by atoms with Crippen molar-refractivity contribution in [3.8, 4) is 0 Å². The molecule has 3 N–H and O–H groups in total. The standard InChI is InChI=1S/C12H25NO2/c1-12(2,7-8-14)9-13-10-5-3-4-6-11(10)15/h10-11,13-15H,3-9H2,1-2H3/t10-,11-/m0/s1. The van der Waals surface area contributed by atoms with Gasteiger partial charge >= 0.3 is 0 Å². The van der Waals surface area contributed by atoms with E-state index < -0.39 is 0 Å². The largest absolute Gasteiger partial charge is 0.396 e. The molecule has 0 spiro atoms. The molecular formula is C12H25NO2. The van der Waals surface area contributed by atoms with Crippen molar-refractivity contribution in [3.63, 3.8) is 0 Å². The topological polar surface area (TPSA) is 52.5 Å². The Bertz CT molecular complexity index is 182. The summed E-state index contributed by atoms with van der Waals surface area (Å²) in [4.78, 5) is 0. The highest BCUT2D eigenvalue weighted by Gasteiger charge is 2.25. The van der Waals surface area contributed by atoms with Crippen LogP contribution in [0.1, 0.15) is 46.0 Å². The van der Waals surface area contributed by atoms with Crippen LogP contribution in [0, 0.1) is 5.41 Å². The summed E-state index contributed by atoms with van der Waals surface area (Å²) in [5, 5.41) is 22.1. The fourth-order valence-corrected chi connectivity index (χ4v) is 2.15. The van der Waals surface area contributed by atoms with E-state index in [-0.39, 0.29) is 24.2 Å². The second kappa shape index (κ2) is 5.83. The molecule has 0 aromatic rings. The second-order valence-electron chi connectivity index (χ2n) is 5.48. The number of hydrogen-bond donors (Lipinski definition) is 3. The van der Waals surface area contributed by atoms with Crippen LogP contribution in [0.25, 0.3) is 0 Å². The van der Waals surface area contributed by atoms with Gasteiger partial charge in [-0.2, -0.15) is 0 Å². The van der Waals surface area contributed by atoms with E-state index in [9.17, 15) is 5.11 Å². The summed E-state index contributed by atoms with van der Waals surface area (Å²) in [5.74, 6) is 0. The quantitative estimate of drug-likeness (QED) is 0.648. The Labute approximate surface area is 92.9 Å². The minimum atomic E-state index is -0.177. The van der Waals surface area contributed by atoms with Crippen LogP contribution < -0.4 is 5.32 Å². The lowest BCUT2D eigenvalue weighted by molar-refractivity contribution is 0.0830. The van der Waals surface area contributed by atoms with Crippen LogP contribution in [0.5, 0.6) is 0 Å². The third-order valence-electron chi connectivity index (χ3n) is 3.36. The number of aliphatic hydroxyl groups is 2. The Morgan fingerprint density at radius 3 is 2.53 bits per heavy atom. The molecule has 0 amide bonds. The van der Waals surface area contributed by atoms with Crippen molar-refractivity contribution in [2.75, 3.05) is 13.2 Å². The Balaban J connectivity index is 2.28. The first-order valence-corrected chi connectivity index (χ1v) is 6.07. The lowest BCUT2D eigenvalue weighted by Gasteiger charge is -2.32. The summed E-state index contributed by atoms with van der Waals surface area (Å²) in [7, 11) is 0. The zero-order valence-electron chi connectivity index (χ0n) is 10.00. The van der Waals surface area contributed by atoms with Crippen molar-refractivity contribution in [2.45, 2.75) is 58.1 Å². The zero-order chi connectivity index (χ0) is 11.3. The Morgan fingerprint density at radius 2 is 1.93 bits per heavy atom. The Kier molecular flexibility index (Phi) is 5.03. The van der Waals surface area contributed by atoms with Crippen LogP contribution in [0.3, 0.4) is 0 Å². The van der Waals surface area contributed by atoms with Crippen molar-refractivity contribution in [1.29, 1.82) is 0 Å². The van der Waals surface area contributed by atoms with E-state index >= 15 is 0 Å². The van der Waals surface area contributed by atoms with Gasteiger partial charge in [0, 0.05) is 19.2 Å². The highest BCUT2D eigenvalue weighted by Crippen LogP contribution is 2.22. The van der Waals surface area contributed by atoms with Gasteiger partial charge in [-0.3, -0.25) is 0 Å². The number of rotatable bonds is 5. The molecule has 3 heteroatoms. The lowest BCUT2D eigenvalue weighted by atomic mass is 9.87. The van der Waals surface area contributed by atoms with Crippen LogP contribution in [-0.4, -0.2) is 35.5 Å². The van der Waals surface area contributed by atoms with Crippen molar-refractivity contribution in [1.82, 2.24) is 5.32 Å². The molecule has 0 aliphatic heterocycles. The van der Waals surface area contributed by atoms with Crippen LogP contribution in [0.4, 0.5) is 0 Å². The van der Waals surface area contributed by atoms with Gasteiger partial charge in [0.1, 0.15) is 0 Å². The summed E-state index contributed by atoms with van der Waals surface area (Å²) in [6.07, 6.45) is 5.01. The third-order valence-corrected chi connectivity index (χ3v) is 3.36. The summed E-state index contributed by atoms with van der Waals surface area (Å²) in [6, 6.07) is 0.261. The fraction of sp³-hybridized carbons (Fsp3) is 1.00. The van der Waals surface area contributed by atoms with Gasteiger partial charge in [0.05, 0.1) is 6.10 Å². The molecule has 0 radical (unpaired) electrons. The molecule has 1 fully saturated rings. The van der Waals surface area contributed by atoms with Crippen molar-refractivity contribution < 1.29 is 10.2 Å². The maximum Gasteiger partial charge on any atom is 0.0693 e. The molecule has 0 saturated heterocycles. The number of hydrogen-bond acceptors (Lipinski definition) is 3. The van der Waals surface area contributed by atoms with Gasteiger partial charge in [0.2, 0.25) is 0 Å². The maximum absolute atomic E-state index is 9.78. The van der Waals surface area contributed by atoms with E-state index in [0.717, 1.165) is 32.2 Å². The summed E-state index contributed by atoms with van der Waals surface area (Å²) < 4.78 is 0. The molecule has 3 nitrogen and oxygen atoms in total. The van der Waals surface area contributed by atoms with Gasteiger partial charge in [0.25, 0.3) is 0 Å². The van der Waals surface area contributed by atoms with Crippen LogP contribution in [0.2, 0.25) is 0 Å². The van der Waals surface area contributed by atoms with E-state index in [0.29, 0.717) is 0 Å². The van der Waals surface area contributed by atoms with Gasteiger partial charge in [-0.05, 0) is 24.7 Å². The van der Waals surface area contributed by atoms with Crippen molar-refractivity contribution >= 4 is 0 Å². The van der Waals surface area contributed by atoms with E-state index in [1.54, 1.807) is 0 Å². The van der Waals surface area contributed by atoms with Crippen LogP contribution in [0.15, 0.2) is 0 Å². The highest BCUT2D eigenvalue weighted by atomic mass is 16.3. The van der Waals surface area contributed by atoms with Crippen LogP contribution >= 0.6 is 0 Å². The predicted molar refractivity (Wildman–Crippen MR) is 61.7 cm³/mol. The first kappa shape index (κ1) is 12.9. The van der Waals surface area contributed by atoms with Crippen molar-refractivity contribution in [3.05, 3.63) is 0 Å². The molecule has 2 atom stereocenters. The molecule has 90 valence electrons. The van der Waals surface area contributed by atoms with Gasteiger partial charge in [0.15, 0.2) is 0 Å². The van der Waals surface area contributed by atoms with Gasteiger partial charge in [-0.25, -0.2) is 0 Å². The van der Waals surface area contributed by atoms with Crippen LogP contribution in [-0.2, 0) is 0 Å². The SMILES string of the molecule is CC(C)(CCO)CN[C@H]1CCCC[C@@H]1O. The fourth-order valence-electron chi connectivity index (χ4n) is 2.15. The molecule has 0 heterocycles. The normalized spacial score (nSPS) is 28.0. The molecule has 15 heavy (non-hydrogen) atoms. The lowest BCUT2D eigenvalue weighted by Crippen LogP contribution is -2.45. The molecule has 1 aliphatic carbocycles. The van der Waals surface area contributed by atoms with Gasteiger partial charge < -0.3 is 15.5 Å². The van der Waals surface area contributed by atoms with E-state index in [4.69, 9.17) is 5.11 Å². The Hall–Kier alpha value is -0.120. The summed E-state index contributed by atoms with van der Waals surface area (Å²) in [6.45, 7) is 5.40. The zero-order valence-corrected chi connectivity index (χ0v) is 10.00. The molecule has 1 aliphatic rings. The molecule has 1 rings (SSSR count). The molecule has 0 unspecified atom stereocenters. The smallest absolute Gasteiger partial charge is 0.0693 e. The minimum absolute atomic E-state index is 0.117. The van der Waals surface area contributed by atoms with Crippen molar-refractivity contribution in [2.24, 2.45) is 5.41 Å². The molecule has 1 saturated carbocycles. The maximum atomic E-state index is 9.78. The second-order valence-corrected chi connectivity index (χ2v) is 5.48. The number of aliphatic hydroxyl groups excluding tert-OH is 2. The average molecular weight is 215 g/mol. The van der Waals surface area contributed by atoms with Gasteiger partial charge in [-0.15, -0.1) is 0 Å². The molecule has 0 bridgehead atoms. The van der Waals surface area contributed by atoms with E-state index in [2.05, 4.69) is 19.2 Å². The monoisotopic (exact) mass is 215 g/mol. The Morgan fingerprint density at radius 1 is 1.27 bits per heavy atom. The average Bonchev–Trinajstić information content (AvgIpc) is 2.16. The molecule has 0 aromatic carbocycles. The third kappa shape index (κ3) is 4.49. The van der Waals surface area contributed by atoms with Gasteiger partial charge in [-0.1, -0.05) is 26.7 Å². The van der Waals surface area contributed by atoms with E-state index in [1.807, 2.05) is 0 Å².